The third-order valence-corrected chi connectivity index (χ3v) is 6.80. The van der Waals surface area contributed by atoms with Crippen molar-refractivity contribution in [1.82, 2.24) is 24.5 Å². The minimum absolute atomic E-state index is 0.246. The number of nitrogens with one attached hydrogen (secondary N) is 1. The highest BCUT2D eigenvalue weighted by molar-refractivity contribution is 5.93. The fraction of sp³-hybridized carbons (Fsp3) is 0.444. The number of fused-ring (bicyclic) bond motifs is 3. The molecule has 0 unspecified atom stereocenters. The van der Waals surface area contributed by atoms with E-state index in [9.17, 15) is 4.79 Å². The van der Waals surface area contributed by atoms with Crippen molar-refractivity contribution >= 4 is 22.6 Å². The fourth-order valence-electron chi connectivity index (χ4n) is 5.02. The monoisotopic (exact) mass is 459 g/mol. The molecule has 0 bridgehead atoms. The Balaban J connectivity index is 1.62. The lowest BCUT2D eigenvalue weighted by molar-refractivity contribution is 0.0224. The maximum absolute atomic E-state index is 12.7. The molecule has 4 aromatic rings. The number of nitrogens with zero attached hydrogens (tertiary/aromatic N) is 4. The average Bonchev–Trinajstić information content (AvgIpc) is 3.37. The van der Waals surface area contributed by atoms with Crippen LogP contribution >= 0.6 is 0 Å². The predicted octanol–water partition coefficient (Wildman–Crippen LogP) is 5.91. The van der Waals surface area contributed by atoms with Gasteiger partial charge in [0.05, 0.1) is 5.69 Å². The number of hydrogen-bond donors (Lipinski definition) is 1. The van der Waals surface area contributed by atoms with Gasteiger partial charge in [0.2, 0.25) is 0 Å². The van der Waals surface area contributed by atoms with E-state index in [1.807, 2.05) is 30.2 Å². The molecule has 1 aliphatic rings. The highest BCUT2D eigenvalue weighted by Gasteiger charge is 2.27. The summed E-state index contributed by atoms with van der Waals surface area (Å²) in [4.78, 5) is 22.6. The number of aromatic nitrogens is 4. The normalized spacial score (nSPS) is 14.3. The highest BCUT2D eigenvalue weighted by atomic mass is 16.6. The predicted molar refractivity (Wildman–Crippen MR) is 134 cm³/mol. The van der Waals surface area contributed by atoms with Gasteiger partial charge in [0.15, 0.2) is 5.65 Å². The lowest BCUT2D eigenvalue weighted by Gasteiger charge is -2.31. The minimum Gasteiger partial charge on any atom is -0.444 e. The van der Waals surface area contributed by atoms with Crippen LogP contribution < -0.4 is 0 Å². The van der Waals surface area contributed by atoms with Gasteiger partial charge in [0.1, 0.15) is 11.9 Å². The number of amides is 1. The molecule has 3 aromatic heterocycles. The molecular weight excluding hydrogens is 426 g/mol. The van der Waals surface area contributed by atoms with Crippen molar-refractivity contribution in [3.63, 3.8) is 0 Å². The minimum atomic E-state index is -0.497. The van der Waals surface area contributed by atoms with Crippen molar-refractivity contribution in [2.75, 3.05) is 6.54 Å². The summed E-state index contributed by atoms with van der Waals surface area (Å²) in [6.45, 7) is 15.7. The summed E-state index contributed by atoms with van der Waals surface area (Å²) in [5, 5.41) is 5.60. The number of rotatable bonds is 2. The van der Waals surface area contributed by atoms with Crippen LogP contribution in [0.3, 0.4) is 0 Å². The molecule has 0 radical (unpaired) electrons. The van der Waals surface area contributed by atoms with Crippen molar-refractivity contribution in [1.29, 1.82) is 0 Å². The molecule has 0 aliphatic carbocycles. The van der Waals surface area contributed by atoms with E-state index in [0.29, 0.717) is 19.0 Å². The van der Waals surface area contributed by atoms with Crippen LogP contribution in [0, 0.1) is 13.8 Å². The summed E-state index contributed by atoms with van der Waals surface area (Å²) in [7, 11) is 0. The first-order valence-corrected chi connectivity index (χ1v) is 12.0. The molecule has 0 atom stereocenters. The molecular formula is C27H33N5O2. The second-order valence-electron chi connectivity index (χ2n) is 10.7. The molecule has 5 rings (SSSR count). The van der Waals surface area contributed by atoms with Crippen LogP contribution in [0.15, 0.2) is 24.7 Å². The van der Waals surface area contributed by atoms with Crippen LogP contribution in [0.2, 0.25) is 0 Å². The zero-order valence-electron chi connectivity index (χ0n) is 21.1. The average molecular weight is 460 g/mol. The standard InChI is InChI=1S/C27H33N5O2/c1-15(2)23-20-10-19-12-31(26(33)34-27(5,6)7)9-8-18(19)11-22(20)30-24(23)21-13-32-25(28-14-29-32)17(4)16(21)3/h10-11,13-15,30H,8-9,12H2,1-7H3. The quantitative estimate of drug-likeness (QED) is 0.404. The Morgan fingerprint density at radius 3 is 2.62 bits per heavy atom. The molecule has 1 aromatic carbocycles. The van der Waals surface area contributed by atoms with Gasteiger partial charge in [-0.2, -0.15) is 5.10 Å². The number of aryl methyl sites for hydroxylation is 1. The Labute approximate surface area is 200 Å². The lowest BCUT2D eigenvalue weighted by Crippen LogP contribution is -2.39. The van der Waals surface area contributed by atoms with E-state index in [1.54, 1.807) is 6.33 Å². The summed E-state index contributed by atoms with van der Waals surface area (Å²) >= 11 is 0. The van der Waals surface area contributed by atoms with Crippen LogP contribution in [0.5, 0.6) is 0 Å². The summed E-state index contributed by atoms with van der Waals surface area (Å²) in [5.41, 5.74) is 9.91. The molecule has 7 heteroatoms. The first kappa shape index (κ1) is 22.4. The number of ether oxygens (including phenoxy) is 1. The molecule has 0 saturated carbocycles. The number of pyridine rings is 1. The maximum atomic E-state index is 12.7. The van der Waals surface area contributed by atoms with Crippen LogP contribution in [0.25, 0.3) is 27.8 Å². The van der Waals surface area contributed by atoms with E-state index in [4.69, 9.17) is 4.74 Å². The van der Waals surface area contributed by atoms with Gasteiger partial charge in [-0.3, -0.25) is 0 Å². The van der Waals surface area contributed by atoms with Gasteiger partial charge in [0.25, 0.3) is 0 Å². The van der Waals surface area contributed by atoms with Gasteiger partial charge in [-0.1, -0.05) is 13.8 Å². The Morgan fingerprint density at radius 1 is 1.15 bits per heavy atom. The van der Waals surface area contributed by atoms with Crippen molar-refractivity contribution in [2.24, 2.45) is 0 Å². The van der Waals surface area contributed by atoms with E-state index in [0.717, 1.165) is 34.4 Å². The van der Waals surface area contributed by atoms with E-state index in [1.165, 1.54) is 27.6 Å². The van der Waals surface area contributed by atoms with Crippen LogP contribution in [0.1, 0.15) is 68.4 Å². The smallest absolute Gasteiger partial charge is 0.410 e. The fourth-order valence-corrected chi connectivity index (χ4v) is 5.02. The number of hydrogen-bond acceptors (Lipinski definition) is 4. The first-order chi connectivity index (χ1) is 16.0. The molecule has 7 nitrogen and oxygen atoms in total. The third kappa shape index (κ3) is 3.73. The lowest BCUT2D eigenvalue weighted by atomic mass is 9.91. The number of carbonyl (C=O) groups excluding carboxylic acids is 1. The zero-order valence-corrected chi connectivity index (χ0v) is 21.1. The molecule has 1 amide bonds. The van der Waals surface area contributed by atoms with Crippen molar-refractivity contribution < 1.29 is 9.53 Å². The molecule has 1 N–H and O–H groups in total. The molecule has 0 saturated heterocycles. The highest BCUT2D eigenvalue weighted by Crippen LogP contribution is 2.39. The summed E-state index contributed by atoms with van der Waals surface area (Å²) < 4.78 is 7.48. The summed E-state index contributed by atoms with van der Waals surface area (Å²) in [5.74, 6) is 0.318. The summed E-state index contributed by atoms with van der Waals surface area (Å²) in [6, 6.07) is 4.54. The van der Waals surface area contributed by atoms with Crippen LogP contribution in [0.4, 0.5) is 4.79 Å². The van der Waals surface area contributed by atoms with E-state index in [-0.39, 0.29) is 6.09 Å². The van der Waals surface area contributed by atoms with E-state index >= 15 is 0 Å². The molecule has 4 heterocycles. The molecule has 1 aliphatic heterocycles. The Hall–Kier alpha value is -3.35. The number of benzene rings is 1. The Kier molecular flexibility index (Phi) is 5.19. The molecule has 34 heavy (non-hydrogen) atoms. The topological polar surface area (TPSA) is 75.5 Å². The van der Waals surface area contributed by atoms with E-state index < -0.39 is 5.60 Å². The van der Waals surface area contributed by atoms with E-state index in [2.05, 4.69) is 61.1 Å². The molecule has 178 valence electrons. The zero-order chi connectivity index (χ0) is 24.4. The van der Waals surface area contributed by atoms with Gasteiger partial charge in [0, 0.05) is 35.8 Å². The SMILES string of the molecule is Cc1c(-c2[nH]c3cc4c(cc3c2C(C)C)CN(C(=O)OC(C)(C)C)CC4)cn2ncnc2c1C. The van der Waals surface area contributed by atoms with Crippen molar-refractivity contribution in [3.05, 3.63) is 52.5 Å². The first-order valence-electron chi connectivity index (χ1n) is 12.0. The van der Waals surface area contributed by atoms with Crippen molar-refractivity contribution in [3.8, 4) is 11.3 Å². The van der Waals surface area contributed by atoms with Gasteiger partial charge < -0.3 is 14.6 Å². The molecule has 0 spiro atoms. The van der Waals surface area contributed by atoms with Crippen LogP contribution in [-0.2, 0) is 17.7 Å². The maximum Gasteiger partial charge on any atom is 0.410 e. The number of carbonyl (C=O) groups is 1. The third-order valence-electron chi connectivity index (χ3n) is 6.80. The Bertz CT molecular complexity index is 1420. The van der Waals surface area contributed by atoms with Gasteiger partial charge in [-0.25, -0.2) is 14.3 Å². The van der Waals surface area contributed by atoms with Crippen molar-refractivity contribution in [2.45, 2.75) is 73.0 Å². The number of aromatic amines is 1. The largest absolute Gasteiger partial charge is 0.444 e. The summed E-state index contributed by atoms with van der Waals surface area (Å²) in [6.07, 6.45) is 4.25. The van der Waals surface area contributed by atoms with Gasteiger partial charge >= 0.3 is 6.09 Å². The Morgan fingerprint density at radius 2 is 1.91 bits per heavy atom. The van der Waals surface area contributed by atoms with Gasteiger partial charge in [-0.15, -0.1) is 0 Å². The van der Waals surface area contributed by atoms with Crippen LogP contribution in [-0.4, -0.2) is 42.7 Å². The molecule has 0 fully saturated rings. The van der Waals surface area contributed by atoms with Gasteiger partial charge in [-0.05, 0) is 86.9 Å². The second kappa shape index (κ2) is 7.86. The second-order valence-corrected chi connectivity index (χ2v) is 10.7. The number of H-pyrrole nitrogens is 1.